The molecule has 1 saturated heterocycles. The molecule has 0 spiro atoms. The maximum Gasteiger partial charge on any atom is 0.216 e. The van der Waals surface area contributed by atoms with Gasteiger partial charge >= 0.3 is 0 Å². The van der Waals surface area contributed by atoms with Crippen molar-refractivity contribution in [2.45, 2.75) is 19.3 Å². The van der Waals surface area contributed by atoms with Gasteiger partial charge in [-0.15, -0.1) is 0 Å². The number of likely N-dealkylation sites (tertiary alicyclic amines) is 1. The largest absolute Gasteiger partial charge is 0.320 e. The molecule has 1 aliphatic rings. The Bertz CT molecular complexity index is 626. The first-order valence-corrected chi connectivity index (χ1v) is 7.52. The van der Waals surface area contributed by atoms with Crippen LogP contribution in [0.4, 0.5) is 0 Å². The average Bonchev–Trinajstić information content (AvgIpc) is 2.47. The summed E-state index contributed by atoms with van der Waals surface area (Å²) in [5.74, 6) is 0.278. The number of ketones is 1. The highest BCUT2D eigenvalue weighted by molar-refractivity contribution is 6.00. The van der Waals surface area contributed by atoms with Crippen LogP contribution in [-0.2, 0) is 0 Å². The molecule has 0 atom stereocenters. The van der Waals surface area contributed by atoms with Crippen molar-refractivity contribution in [3.8, 4) is 0 Å². The zero-order valence-corrected chi connectivity index (χ0v) is 12.1. The third-order valence-electron chi connectivity index (χ3n) is 4.49. The SMILES string of the molecule is C[N+]1(CC(=O)c2ccc3ccccc3c2)CCCCC1. The highest BCUT2D eigenvalue weighted by atomic mass is 16.1. The Labute approximate surface area is 120 Å². The number of piperidine rings is 1. The fourth-order valence-corrected chi connectivity index (χ4v) is 3.23. The molecule has 1 aliphatic heterocycles. The van der Waals surface area contributed by atoms with E-state index in [1.54, 1.807) is 0 Å². The van der Waals surface area contributed by atoms with Crippen LogP contribution in [0, 0.1) is 0 Å². The van der Waals surface area contributed by atoms with Crippen molar-refractivity contribution in [2.75, 3.05) is 26.7 Å². The van der Waals surface area contributed by atoms with Gasteiger partial charge in [0.15, 0.2) is 0 Å². The Morgan fingerprint density at radius 2 is 1.70 bits per heavy atom. The van der Waals surface area contributed by atoms with E-state index >= 15 is 0 Å². The second-order valence-electron chi connectivity index (χ2n) is 6.27. The Morgan fingerprint density at radius 1 is 1.00 bits per heavy atom. The number of carbonyl (C=O) groups is 1. The molecule has 0 N–H and O–H groups in total. The van der Waals surface area contributed by atoms with E-state index in [0.29, 0.717) is 6.54 Å². The lowest BCUT2D eigenvalue weighted by Gasteiger charge is -2.37. The predicted octanol–water partition coefficient (Wildman–Crippen LogP) is 3.65. The summed E-state index contributed by atoms with van der Waals surface area (Å²) >= 11 is 0. The van der Waals surface area contributed by atoms with Crippen molar-refractivity contribution < 1.29 is 9.28 Å². The standard InChI is InChI=1S/C18H22NO/c1-19(11-5-2-6-12-19)14-18(20)17-10-9-15-7-3-4-8-16(15)13-17/h3-4,7-10,13H,2,5-6,11-12,14H2,1H3/q+1. The molecule has 2 aromatic carbocycles. The summed E-state index contributed by atoms with van der Waals surface area (Å²) < 4.78 is 0.908. The first-order chi connectivity index (χ1) is 9.66. The summed E-state index contributed by atoms with van der Waals surface area (Å²) in [6, 6.07) is 14.3. The van der Waals surface area contributed by atoms with E-state index in [1.165, 1.54) is 24.6 Å². The molecule has 2 heteroatoms. The van der Waals surface area contributed by atoms with Gasteiger partial charge in [-0.1, -0.05) is 36.4 Å². The smallest absolute Gasteiger partial charge is 0.216 e. The van der Waals surface area contributed by atoms with Gasteiger partial charge in [0.2, 0.25) is 5.78 Å². The van der Waals surface area contributed by atoms with Gasteiger partial charge in [0.05, 0.1) is 20.1 Å². The van der Waals surface area contributed by atoms with E-state index in [1.807, 2.05) is 24.3 Å². The first-order valence-electron chi connectivity index (χ1n) is 7.52. The quantitative estimate of drug-likeness (QED) is 0.613. The molecule has 1 heterocycles. The molecule has 0 bridgehead atoms. The van der Waals surface area contributed by atoms with Gasteiger partial charge in [-0.2, -0.15) is 0 Å². The average molecular weight is 268 g/mol. The molecule has 20 heavy (non-hydrogen) atoms. The molecule has 3 rings (SSSR count). The predicted molar refractivity (Wildman–Crippen MR) is 82.9 cm³/mol. The van der Waals surface area contributed by atoms with Crippen LogP contribution in [-0.4, -0.2) is 36.9 Å². The fraction of sp³-hybridized carbons (Fsp3) is 0.389. The normalized spacial score (nSPS) is 18.1. The van der Waals surface area contributed by atoms with E-state index in [-0.39, 0.29) is 5.78 Å². The minimum atomic E-state index is 0.278. The summed E-state index contributed by atoms with van der Waals surface area (Å²) in [4.78, 5) is 12.5. The lowest BCUT2D eigenvalue weighted by atomic mass is 10.0. The van der Waals surface area contributed by atoms with Gasteiger partial charge in [0.25, 0.3) is 0 Å². The van der Waals surface area contributed by atoms with Crippen molar-refractivity contribution >= 4 is 16.6 Å². The van der Waals surface area contributed by atoms with Crippen LogP contribution in [0.25, 0.3) is 10.8 Å². The number of quaternary nitrogens is 1. The second-order valence-corrected chi connectivity index (χ2v) is 6.27. The number of likely N-dealkylation sites (N-methyl/N-ethyl adjacent to an activating group) is 1. The molecule has 0 radical (unpaired) electrons. The monoisotopic (exact) mass is 268 g/mol. The number of nitrogens with zero attached hydrogens (tertiary/aromatic N) is 1. The maximum absolute atomic E-state index is 12.5. The van der Waals surface area contributed by atoms with Gasteiger partial charge < -0.3 is 4.48 Å². The first kappa shape index (κ1) is 13.3. The van der Waals surface area contributed by atoms with Crippen LogP contribution in [0.1, 0.15) is 29.6 Å². The van der Waals surface area contributed by atoms with Crippen molar-refractivity contribution in [1.29, 1.82) is 0 Å². The third-order valence-corrected chi connectivity index (χ3v) is 4.49. The molecular weight excluding hydrogens is 246 g/mol. The minimum Gasteiger partial charge on any atom is -0.320 e. The van der Waals surface area contributed by atoms with Crippen LogP contribution in [0.3, 0.4) is 0 Å². The number of rotatable bonds is 3. The molecule has 104 valence electrons. The Hall–Kier alpha value is -1.67. The van der Waals surface area contributed by atoms with E-state index in [9.17, 15) is 4.79 Å². The summed E-state index contributed by atoms with van der Waals surface area (Å²) in [5, 5.41) is 2.35. The molecule has 0 amide bonds. The number of carbonyl (C=O) groups excluding carboxylic acids is 1. The van der Waals surface area contributed by atoms with Gasteiger partial charge in [0, 0.05) is 5.56 Å². The van der Waals surface area contributed by atoms with Gasteiger partial charge in [0.1, 0.15) is 6.54 Å². The number of hydrogen-bond donors (Lipinski definition) is 0. The summed E-state index contributed by atoms with van der Waals surface area (Å²) in [5.41, 5.74) is 0.855. The molecule has 0 saturated carbocycles. The molecule has 0 aromatic heterocycles. The highest BCUT2D eigenvalue weighted by Crippen LogP contribution is 2.20. The van der Waals surface area contributed by atoms with Gasteiger partial charge in [-0.05, 0) is 36.1 Å². The van der Waals surface area contributed by atoms with Gasteiger partial charge in [-0.3, -0.25) is 4.79 Å². The van der Waals surface area contributed by atoms with Crippen LogP contribution in [0.15, 0.2) is 42.5 Å². The van der Waals surface area contributed by atoms with E-state index in [4.69, 9.17) is 0 Å². The van der Waals surface area contributed by atoms with Crippen LogP contribution >= 0.6 is 0 Å². The Balaban J connectivity index is 1.81. The molecule has 2 nitrogen and oxygen atoms in total. The van der Waals surface area contributed by atoms with E-state index < -0.39 is 0 Å². The molecular formula is C18H22NO+. The number of fused-ring (bicyclic) bond motifs is 1. The Kier molecular flexibility index (Phi) is 3.58. The second kappa shape index (κ2) is 5.37. The zero-order valence-electron chi connectivity index (χ0n) is 12.1. The molecule has 0 unspecified atom stereocenters. The Morgan fingerprint density at radius 3 is 2.45 bits per heavy atom. The highest BCUT2D eigenvalue weighted by Gasteiger charge is 2.28. The third kappa shape index (κ3) is 2.75. The van der Waals surface area contributed by atoms with Crippen LogP contribution < -0.4 is 0 Å². The zero-order chi connectivity index (χ0) is 14.0. The van der Waals surface area contributed by atoms with Gasteiger partial charge in [-0.25, -0.2) is 0 Å². The topological polar surface area (TPSA) is 17.1 Å². The van der Waals surface area contributed by atoms with Crippen molar-refractivity contribution in [3.05, 3.63) is 48.0 Å². The molecule has 1 fully saturated rings. The van der Waals surface area contributed by atoms with E-state index in [2.05, 4.69) is 25.2 Å². The van der Waals surface area contributed by atoms with Crippen LogP contribution in [0.2, 0.25) is 0 Å². The van der Waals surface area contributed by atoms with Crippen molar-refractivity contribution in [1.82, 2.24) is 0 Å². The molecule has 0 aliphatic carbocycles. The van der Waals surface area contributed by atoms with Crippen LogP contribution in [0.5, 0.6) is 0 Å². The fourth-order valence-electron chi connectivity index (χ4n) is 3.23. The molecule has 2 aromatic rings. The summed E-state index contributed by atoms with van der Waals surface area (Å²) in [7, 11) is 2.22. The minimum absolute atomic E-state index is 0.278. The summed E-state index contributed by atoms with van der Waals surface area (Å²) in [6.45, 7) is 2.91. The number of Topliss-reactive ketones (excluding diaryl/α,β-unsaturated/α-hetero) is 1. The van der Waals surface area contributed by atoms with E-state index in [0.717, 1.165) is 28.5 Å². The van der Waals surface area contributed by atoms with Crippen molar-refractivity contribution in [3.63, 3.8) is 0 Å². The lowest BCUT2D eigenvalue weighted by Crippen LogP contribution is -2.50. The maximum atomic E-state index is 12.5. The number of hydrogen-bond acceptors (Lipinski definition) is 1. The summed E-state index contributed by atoms with van der Waals surface area (Å²) in [6.07, 6.45) is 3.82. The number of benzene rings is 2. The lowest BCUT2D eigenvalue weighted by molar-refractivity contribution is -0.906. The van der Waals surface area contributed by atoms with Crippen molar-refractivity contribution in [2.24, 2.45) is 0 Å².